The number of hydrogen-bond acceptors (Lipinski definition) is 6. The molecule has 9 heteroatoms. The number of amides is 3. The number of aliphatic hydroxyl groups excluding tert-OH is 1. The summed E-state index contributed by atoms with van der Waals surface area (Å²) in [7, 11) is 3.23. The highest BCUT2D eigenvalue weighted by Crippen LogP contribution is 2.28. The maximum atomic E-state index is 13.5. The normalized spacial score (nSPS) is 17.8. The van der Waals surface area contributed by atoms with Gasteiger partial charge in [0.15, 0.2) is 0 Å². The highest BCUT2D eigenvalue weighted by atomic mass is 16.5. The molecule has 1 aliphatic heterocycles. The Morgan fingerprint density at radius 1 is 1.34 bits per heavy atom. The van der Waals surface area contributed by atoms with Gasteiger partial charge in [-0.1, -0.05) is 44.7 Å². The lowest BCUT2D eigenvalue weighted by Crippen LogP contribution is -2.50. The number of carbonyl (C=O) groups is 2. The number of ether oxygens (including phenoxy) is 2. The molecule has 0 saturated carbocycles. The number of pyridine rings is 1. The van der Waals surface area contributed by atoms with Crippen molar-refractivity contribution in [1.82, 2.24) is 14.8 Å². The molecular formula is C29H38N4O5. The number of aliphatic hydroxyl groups is 1. The first-order chi connectivity index (χ1) is 18.1. The van der Waals surface area contributed by atoms with Crippen molar-refractivity contribution >= 4 is 17.6 Å². The fourth-order valence-corrected chi connectivity index (χ4v) is 4.06. The van der Waals surface area contributed by atoms with E-state index < -0.39 is 12.1 Å². The minimum Gasteiger partial charge on any atom is -0.495 e. The first-order valence-corrected chi connectivity index (χ1v) is 12.9. The Labute approximate surface area is 225 Å². The standard InChI is InChI=1S/C29H38N4O5/c1-19(2)10-9-11-22-14-23-27(30-15-22)38-26(20(3)16-33(28(23)35)21(4)18-34)17-32(5)29(36)31-24-12-7-8-13-25(24)37-6/h7-8,12-15,19-21,26,34H,10,16-18H2,1-6H3,(H,31,36)/t20-,21+,26+/m0/s1. The minimum absolute atomic E-state index is 0.157. The van der Waals surface area contributed by atoms with Crippen molar-refractivity contribution in [3.05, 3.63) is 47.7 Å². The lowest BCUT2D eigenvalue weighted by molar-refractivity contribution is 0.0356. The zero-order valence-corrected chi connectivity index (χ0v) is 23.0. The summed E-state index contributed by atoms with van der Waals surface area (Å²) in [4.78, 5) is 34.1. The molecule has 0 spiro atoms. The van der Waals surface area contributed by atoms with Gasteiger partial charge >= 0.3 is 6.03 Å². The number of fused-ring (bicyclic) bond motifs is 1. The van der Waals surface area contributed by atoms with E-state index in [-0.39, 0.29) is 36.9 Å². The second-order valence-corrected chi connectivity index (χ2v) is 10.1. The molecule has 3 atom stereocenters. The first-order valence-electron chi connectivity index (χ1n) is 12.9. The molecule has 0 bridgehead atoms. The van der Waals surface area contributed by atoms with Gasteiger partial charge in [-0.05, 0) is 31.0 Å². The third-order valence-corrected chi connectivity index (χ3v) is 6.41. The van der Waals surface area contributed by atoms with Crippen LogP contribution in [0.2, 0.25) is 0 Å². The van der Waals surface area contributed by atoms with Crippen LogP contribution < -0.4 is 14.8 Å². The molecule has 2 aromatic rings. The molecule has 9 nitrogen and oxygen atoms in total. The summed E-state index contributed by atoms with van der Waals surface area (Å²) in [5.74, 6) is 6.96. The summed E-state index contributed by atoms with van der Waals surface area (Å²) in [5, 5.41) is 12.7. The summed E-state index contributed by atoms with van der Waals surface area (Å²) in [6.45, 7) is 8.35. The van der Waals surface area contributed by atoms with E-state index in [1.54, 1.807) is 50.4 Å². The number of likely N-dealkylation sites (N-methyl/N-ethyl adjacent to an activating group) is 1. The van der Waals surface area contributed by atoms with E-state index in [2.05, 4.69) is 36.0 Å². The molecule has 0 unspecified atom stereocenters. The Balaban J connectivity index is 1.87. The van der Waals surface area contributed by atoms with Crippen molar-refractivity contribution in [2.75, 3.05) is 39.2 Å². The van der Waals surface area contributed by atoms with Gasteiger partial charge in [-0.25, -0.2) is 9.78 Å². The monoisotopic (exact) mass is 522 g/mol. The first kappa shape index (κ1) is 28.8. The number of nitrogens with one attached hydrogen (secondary N) is 1. The smallest absolute Gasteiger partial charge is 0.321 e. The van der Waals surface area contributed by atoms with E-state index in [0.29, 0.717) is 35.0 Å². The third-order valence-electron chi connectivity index (χ3n) is 6.41. The Bertz CT molecular complexity index is 1190. The second-order valence-electron chi connectivity index (χ2n) is 10.1. The van der Waals surface area contributed by atoms with E-state index in [1.807, 2.05) is 19.1 Å². The molecule has 0 fully saturated rings. The lowest BCUT2D eigenvalue weighted by Gasteiger charge is -2.37. The number of benzene rings is 1. The molecule has 38 heavy (non-hydrogen) atoms. The molecule has 0 saturated heterocycles. The number of rotatable bonds is 7. The van der Waals surface area contributed by atoms with Crippen molar-refractivity contribution in [1.29, 1.82) is 0 Å². The number of methoxy groups -OCH3 is 1. The predicted molar refractivity (Wildman–Crippen MR) is 146 cm³/mol. The van der Waals surface area contributed by atoms with Gasteiger partial charge in [0.1, 0.15) is 17.4 Å². The SMILES string of the molecule is COc1ccccc1NC(=O)N(C)C[C@H]1Oc2ncc(C#CCC(C)C)cc2C(=O)N([C@H](C)CO)C[C@@H]1C. The van der Waals surface area contributed by atoms with Crippen LogP contribution in [0.25, 0.3) is 0 Å². The van der Waals surface area contributed by atoms with Gasteiger partial charge in [-0.2, -0.15) is 0 Å². The molecule has 1 aliphatic rings. The van der Waals surface area contributed by atoms with Crippen LogP contribution in [-0.4, -0.2) is 77.8 Å². The number of carbonyl (C=O) groups excluding carboxylic acids is 2. The molecule has 3 rings (SSSR count). The molecule has 0 aliphatic carbocycles. The number of nitrogens with zero attached hydrogens (tertiary/aromatic N) is 3. The topological polar surface area (TPSA) is 104 Å². The number of anilines is 1. The van der Waals surface area contributed by atoms with Crippen molar-refractivity contribution in [3.63, 3.8) is 0 Å². The number of urea groups is 1. The quantitative estimate of drug-likeness (QED) is 0.535. The predicted octanol–water partition coefficient (Wildman–Crippen LogP) is 3.87. The molecule has 204 valence electrons. The van der Waals surface area contributed by atoms with Crippen LogP contribution >= 0.6 is 0 Å². The third kappa shape index (κ3) is 7.17. The maximum absolute atomic E-state index is 13.5. The van der Waals surface area contributed by atoms with Crippen molar-refractivity contribution in [2.45, 2.75) is 46.3 Å². The summed E-state index contributed by atoms with van der Waals surface area (Å²) in [6.07, 6.45) is 1.87. The van der Waals surface area contributed by atoms with Crippen molar-refractivity contribution in [2.24, 2.45) is 11.8 Å². The fourth-order valence-electron chi connectivity index (χ4n) is 4.06. The second kappa shape index (κ2) is 13.2. The molecule has 2 N–H and O–H groups in total. The average Bonchev–Trinajstić information content (AvgIpc) is 2.90. The van der Waals surface area contributed by atoms with E-state index in [9.17, 15) is 14.7 Å². The Morgan fingerprint density at radius 3 is 2.76 bits per heavy atom. The highest BCUT2D eigenvalue weighted by Gasteiger charge is 2.34. The van der Waals surface area contributed by atoms with Crippen LogP contribution in [0, 0.1) is 23.7 Å². The fraction of sp³-hybridized carbons (Fsp3) is 0.483. The van der Waals surface area contributed by atoms with Crippen LogP contribution in [-0.2, 0) is 0 Å². The highest BCUT2D eigenvalue weighted by molar-refractivity contribution is 5.97. The Kier molecular flexibility index (Phi) is 9.97. The molecule has 1 aromatic carbocycles. The van der Waals surface area contributed by atoms with Gasteiger partial charge in [0.05, 0.1) is 32.0 Å². The van der Waals surface area contributed by atoms with Crippen molar-refractivity contribution < 1.29 is 24.2 Å². The summed E-state index contributed by atoms with van der Waals surface area (Å²) in [6, 6.07) is 8.14. The van der Waals surface area contributed by atoms with Crippen LogP contribution in [0.1, 0.15) is 50.0 Å². The van der Waals surface area contributed by atoms with E-state index in [1.165, 1.54) is 4.90 Å². The van der Waals surface area contributed by atoms with Crippen LogP contribution in [0.4, 0.5) is 10.5 Å². The van der Waals surface area contributed by atoms with Gasteiger partial charge in [-0.15, -0.1) is 0 Å². The number of hydrogen-bond donors (Lipinski definition) is 2. The van der Waals surface area contributed by atoms with Gasteiger partial charge in [0.25, 0.3) is 5.91 Å². The Hall–Kier alpha value is -3.77. The maximum Gasteiger partial charge on any atom is 0.321 e. The number of aromatic nitrogens is 1. The zero-order chi connectivity index (χ0) is 27.8. The minimum atomic E-state index is -0.464. The summed E-state index contributed by atoms with van der Waals surface area (Å²) < 4.78 is 11.6. The zero-order valence-electron chi connectivity index (χ0n) is 23.0. The summed E-state index contributed by atoms with van der Waals surface area (Å²) in [5.41, 5.74) is 1.47. The van der Waals surface area contributed by atoms with E-state index in [0.717, 1.165) is 6.42 Å². The average molecular weight is 523 g/mol. The molecule has 2 heterocycles. The van der Waals surface area contributed by atoms with E-state index >= 15 is 0 Å². The lowest BCUT2D eigenvalue weighted by atomic mass is 10.00. The van der Waals surface area contributed by atoms with Crippen LogP contribution in [0.5, 0.6) is 11.6 Å². The van der Waals surface area contributed by atoms with Gasteiger partial charge in [0.2, 0.25) is 5.88 Å². The van der Waals surface area contributed by atoms with Gasteiger partial charge < -0.3 is 29.7 Å². The molecule has 0 radical (unpaired) electrons. The van der Waals surface area contributed by atoms with E-state index in [4.69, 9.17) is 9.47 Å². The summed E-state index contributed by atoms with van der Waals surface area (Å²) >= 11 is 0. The molecule has 3 amide bonds. The van der Waals surface area contributed by atoms with Crippen LogP contribution in [0.15, 0.2) is 36.5 Å². The Morgan fingerprint density at radius 2 is 2.08 bits per heavy atom. The number of para-hydroxylation sites is 2. The largest absolute Gasteiger partial charge is 0.495 e. The van der Waals surface area contributed by atoms with Gasteiger partial charge in [-0.3, -0.25) is 4.79 Å². The molecular weight excluding hydrogens is 484 g/mol. The molecule has 1 aromatic heterocycles. The van der Waals surface area contributed by atoms with Crippen LogP contribution in [0.3, 0.4) is 0 Å². The van der Waals surface area contributed by atoms with Gasteiger partial charge in [0, 0.05) is 37.7 Å². The van der Waals surface area contributed by atoms with Crippen molar-refractivity contribution in [3.8, 4) is 23.5 Å².